The van der Waals surface area contributed by atoms with Crippen LogP contribution in [0.3, 0.4) is 0 Å². The Labute approximate surface area is 148 Å². The number of rotatable bonds is 3. The molecule has 1 nitrogen and oxygen atoms in total. The summed E-state index contributed by atoms with van der Waals surface area (Å²) in [5, 5.41) is 2.42. The average molecular weight is 471 g/mol. The number of benzene rings is 3. The normalized spacial score (nSPS) is 10.8. The first-order valence-corrected chi connectivity index (χ1v) is 8.76. The zero-order valence-corrected chi connectivity index (χ0v) is 15.7. The van der Waals surface area contributed by atoms with E-state index in [-0.39, 0.29) is 0 Å². The summed E-state index contributed by atoms with van der Waals surface area (Å²) in [4.78, 5) is 0. The van der Waals surface area contributed by atoms with Gasteiger partial charge < -0.3 is 4.74 Å². The number of fused-ring (bicyclic) bond motifs is 1. The molecule has 0 aliphatic rings. The van der Waals surface area contributed by atoms with E-state index in [1.165, 1.54) is 10.8 Å². The summed E-state index contributed by atoms with van der Waals surface area (Å²) in [6.07, 6.45) is 0. The van der Waals surface area contributed by atoms with E-state index in [0.717, 1.165) is 24.7 Å². The third-order valence-corrected chi connectivity index (χ3v) is 5.03. The topological polar surface area (TPSA) is 9.23 Å². The third kappa shape index (κ3) is 3.50. The van der Waals surface area contributed by atoms with Crippen LogP contribution in [-0.2, 0) is 6.61 Å². The fraction of sp³-hybridized carbons (Fsp3) is 0.0588. The summed E-state index contributed by atoms with van der Waals surface area (Å²) in [6.45, 7) is 0.522. The highest BCUT2D eigenvalue weighted by Gasteiger charge is 2.06. The van der Waals surface area contributed by atoms with E-state index in [1.807, 2.05) is 30.3 Å². The first-order valence-electron chi connectivity index (χ1n) is 6.38. The van der Waals surface area contributed by atoms with Gasteiger partial charge in [0.15, 0.2) is 0 Å². The van der Waals surface area contributed by atoms with Gasteiger partial charge in [0.05, 0.1) is 0 Å². The highest BCUT2D eigenvalue weighted by molar-refractivity contribution is 9.11. The Kier molecular flexibility index (Phi) is 4.67. The Balaban J connectivity index is 1.86. The maximum absolute atomic E-state index is 5.89. The summed E-state index contributed by atoms with van der Waals surface area (Å²) >= 11 is 10.6. The predicted molar refractivity (Wildman–Crippen MR) is 97.8 cm³/mol. The van der Waals surface area contributed by atoms with Crippen molar-refractivity contribution in [1.82, 2.24) is 0 Å². The van der Waals surface area contributed by atoms with Gasteiger partial charge in [-0.3, -0.25) is 0 Å². The van der Waals surface area contributed by atoms with Gasteiger partial charge in [-0.2, -0.15) is 0 Å². The fourth-order valence-corrected chi connectivity index (χ4v) is 4.02. The molecule has 4 heteroatoms. The second-order valence-corrected chi connectivity index (χ2v) is 7.28. The lowest BCUT2D eigenvalue weighted by Gasteiger charge is -2.11. The van der Waals surface area contributed by atoms with Gasteiger partial charge in [0.1, 0.15) is 12.4 Å². The molecule has 0 fully saturated rings. The molecule has 0 aliphatic heterocycles. The third-order valence-electron chi connectivity index (χ3n) is 3.17. The van der Waals surface area contributed by atoms with Crippen LogP contribution in [0.15, 0.2) is 68.0 Å². The highest BCUT2D eigenvalue weighted by Crippen LogP contribution is 2.30. The molecule has 0 amide bonds. The minimum absolute atomic E-state index is 0.522. The van der Waals surface area contributed by atoms with Gasteiger partial charge in [-0.15, -0.1) is 0 Å². The monoisotopic (exact) mass is 468 g/mol. The van der Waals surface area contributed by atoms with E-state index >= 15 is 0 Å². The SMILES string of the molecule is Brc1cc(Br)cc(OCc2ccc3ccccc3c2Br)c1. The standard InChI is InChI=1S/C17H11Br3O/c18-13-7-14(19)9-15(8-13)21-10-12-6-5-11-3-1-2-4-16(11)17(12)20/h1-9H,10H2. The maximum Gasteiger partial charge on any atom is 0.122 e. The van der Waals surface area contributed by atoms with Crippen molar-refractivity contribution in [1.29, 1.82) is 0 Å². The van der Waals surface area contributed by atoms with Gasteiger partial charge in [0, 0.05) is 19.0 Å². The largest absolute Gasteiger partial charge is 0.489 e. The molecule has 0 saturated heterocycles. The van der Waals surface area contributed by atoms with Crippen molar-refractivity contribution < 1.29 is 4.74 Å². The average Bonchev–Trinajstić information content (AvgIpc) is 2.46. The molecule has 0 heterocycles. The van der Waals surface area contributed by atoms with Crippen LogP contribution in [0.25, 0.3) is 10.8 Å². The smallest absolute Gasteiger partial charge is 0.122 e. The van der Waals surface area contributed by atoms with E-state index in [4.69, 9.17) is 4.74 Å². The van der Waals surface area contributed by atoms with Crippen LogP contribution in [0.2, 0.25) is 0 Å². The van der Waals surface area contributed by atoms with Crippen LogP contribution in [0, 0.1) is 0 Å². The molecule has 0 bridgehead atoms. The van der Waals surface area contributed by atoms with Crippen molar-refractivity contribution >= 4 is 58.6 Å². The lowest BCUT2D eigenvalue weighted by molar-refractivity contribution is 0.305. The minimum atomic E-state index is 0.522. The van der Waals surface area contributed by atoms with Crippen LogP contribution in [0.4, 0.5) is 0 Å². The summed E-state index contributed by atoms with van der Waals surface area (Å²) < 4.78 is 8.97. The van der Waals surface area contributed by atoms with Gasteiger partial charge in [-0.25, -0.2) is 0 Å². The van der Waals surface area contributed by atoms with E-state index in [9.17, 15) is 0 Å². The zero-order chi connectivity index (χ0) is 14.8. The molecular formula is C17H11Br3O. The Morgan fingerprint density at radius 3 is 2.29 bits per heavy atom. The van der Waals surface area contributed by atoms with Crippen molar-refractivity contribution in [2.24, 2.45) is 0 Å². The van der Waals surface area contributed by atoms with E-state index in [2.05, 4.69) is 72.1 Å². The molecule has 0 saturated carbocycles. The van der Waals surface area contributed by atoms with Gasteiger partial charge >= 0.3 is 0 Å². The molecule has 0 unspecified atom stereocenters. The second-order valence-electron chi connectivity index (χ2n) is 4.65. The summed E-state index contributed by atoms with van der Waals surface area (Å²) in [7, 11) is 0. The molecule has 0 radical (unpaired) electrons. The Morgan fingerprint density at radius 1 is 0.810 bits per heavy atom. The van der Waals surface area contributed by atoms with Gasteiger partial charge in [0.2, 0.25) is 0 Å². The number of hydrogen-bond acceptors (Lipinski definition) is 1. The highest BCUT2D eigenvalue weighted by atomic mass is 79.9. The Morgan fingerprint density at radius 2 is 1.52 bits per heavy atom. The zero-order valence-electron chi connectivity index (χ0n) is 10.9. The Bertz CT molecular complexity index is 779. The predicted octanol–water partition coefficient (Wildman–Crippen LogP) is 6.71. The summed E-state index contributed by atoms with van der Waals surface area (Å²) in [5.41, 5.74) is 1.13. The van der Waals surface area contributed by atoms with Crippen LogP contribution in [0.1, 0.15) is 5.56 Å². The molecule has 3 rings (SSSR count). The lowest BCUT2D eigenvalue weighted by atomic mass is 10.1. The molecule has 0 N–H and O–H groups in total. The fourth-order valence-electron chi connectivity index (χ4n) is 2.16. The first-order chi connectivity index (χ1) is 10.1. The van der Waals surface area contributed by atoms with E-state index in [1.54, 1.807) is 0 Å². The van der Waals surface area contributed by atoms with E-state index in [0.29, 0.717) is 6.61 Å². The van der Waals surface area contributed by atoms with Crippen LogP contribution < -0.4 is 4.74 Å². The number of halogens is 3. The molecular weight excluding hydrogens is 460 g/mol. The lowest BCUT2D eigenvalue weighted by Crippen LogP contribution is -1.97. The number of ether oxygens (including phenoxy) is 1. The molecule has 106 valence electrons. The van der Waals surface area contributed by atoms with Gasteiger partial charge in [-0.05, 0) is 44.9 Å². The molecule has 3 aromatic rings. The van der Waals surface area contributed by atoms with Crippen LogP contribution >= 0.6 is 47.8 Å². The number of hydrogen-bond donors (Lipinski definition) is 0. The summed E-state index contributed by atoms with van der Waals surface area (Å²) in [6, 6.07) is 18.4. The van der Waals surface area contributed by atoms with Crippen molar-refractivity contribution in [2.75, 3.05) is 0 Å². The van der Waals surface area contributed by atoms with Crippen molar-refractivity contribution in [3.8, 4) is 5.75 Å². The van der Waals surface area contributed by atoms with Gasteiger partial charge in [-0.1, -0.05) is 68.3 Å². The van der Waals surface area contributed by atoms with Crippen molar-refractivity contribution in [3.05, 3.63) is 73.6 Å². The molecule has 0 aromatic heterocycles. The molecule has 0 aliphatic carbocycles. The minimum Gasteiger partial charge on any atom is -0.489 e. The molecule has 0 atom stereocenters. The first kappa shape index (κ1) is 15.1. The molecule has 21 heavy (non-hydrogen) atoms. The second kappa shape index (κ2) is 6.51. The van der Waals surface area contributed by atoms with Crippen molar-refractivity contribution in [3.63, 3.8) is 0 Å². The van der Waals surface area contributed by atoms with Crippen LogP contribution in [-0.4, -0.2) is 0 Å². The van der Waals surface area contributed by atoms with Crippen LogP contribution in [0.5, 0.6) is 5.75 Å². The van der Waals surface area contributed by atoms with E-state index < -0.39 is 0 Å². The maximum atomic E-state index is 5.89. The van der Waals surface area contributed by atoms with Crippen molar-refractivity contribution in [2.45, 2.75) is 6.61 Å². The summed E-state index contributed by atoms with van der Waals surface area (Å²) in [5.74, 6) is 0.830. The quantitative estimate of drug-likeness (QED) is 0.413. The molecule has 3 aromatic carbocycles. The Hall–Kier alpha value is -0.840. The molecule has 0 spiro atoms. The van der Waals surface area contributed by atoms with Gasteiger partial charge in [0.25, 0.3) is 0 Å².